The molecule has 1 rings (SSSR count). The molecule has 1 aromatic carbocycles. The third-order valence-corrected chi connectivity index (χ3v) is 2.07. The number of alkyl halides is 1. The molecule has 0 aliphatic heterocycles. The molecule has 1 N–H and O–H groups in total. The lowest BCUT2D eigenvalue weighted by atomic mass is 10.2. The molecular formula is C11H16ClNO. The molecule has 0 aliphatic rings. The van der Waals surface area contributed by atoms with Gasteiger partial charge in [-0.05, 0) is 24.6 Å². The van der Waals surface area contributed by atoms with Crippen LogP contribution in [0.4, 0.5) is 0 Å². The van der Waals surface area contributed by atoms with Gasteiger partial charge in [0.15, 0.2) is 0 Å². The van der Waals surface area contributed by atoms with Gasteiger partial charge in [-0.2, -0.15) is 0 Å². The van der Waals surface area contributed by atoms with Gasteiger partial charge in [-0.1, -0.05) is 12.1 Å². The topological polar surface area (TPSA) is 21.3 Å². The number of hydrogen-bond donors (Lipinski definition) is 1. The molecule has 78 valence electrons. The molecule has 14 heavy (non-hydrogen) atoms. The summed E-state index contributed by atoms with van der Waals surface area (Å²) in [6.45, 7) is 3.65. The molecule has 2 nitrogen and oxygen atoms in total. The van der Waals surface area contributed by atoms with E-state index in [0.717, 1.165) is 18.8 Å². The lowest BCUT2D eigenvalue weighted by Crippen LogP contribution is -2.20. The van der Waals surface area contributed by atoms with Gasteiger partial charge in [0.05, 0.1) is 7.11 Å². The van der Waals surface area contributed by atoms with Crippen LogP contribution < -0.4 is 10.1 Å². The lowest BCUT2D eigenvalue weighted by molar-refractivity contribution is 0.414. The first-order valence-corrected chi connectivity index (χ1v) is 5.13. The number of hydrogen-bond acceptors (Lipinski definition) is 2. The second kappa shape index (κ2) is 5.89. The second-order valence-corrected chi connectivity index (χ2v) is 4.00. The van der Waals surface area contributed by atoms with Crippen molar-refractivity contribution in [3.8, 4) is 5.75 Å². The van der Waals surface area contributed by atoms with E-state index >= 15 is 0 Å². The molecule has 0 bridgehead atoms. The van der Waals surface area contributed by atoms with E-state index < -0.39 is 0 Å². The predicted molar refractivity (Wildman–Crippen MR) is 60.0 cm³/mol. The van der Waals surface area contributed by atoms with E-state index in [2.05, 4.69) is 5.32 Å². The molecule has 0 radical (unpaired) electrons. The molecule has 0 saturated heterocycles. The van der Waals surface area contributed by atoms with E-state index in [1.54, 1.807) is 7.11 Å². The van der Waals surface area contributed by atoms with Crippen LogP contribution in [-0.4, -0.2) is 19.0 Å². The molecule has 1 atom stereocenters. The number of benzene rings is 1. The standard InChI is InChI=1S/C11H16ClNO/c1-9(12)7-13-8-10-3-5-11(14-2)6-4-10/h3-6,9,13H,7-8H2,1-2H3. The van der Waals surface area contributed by atoms with Crippen LogP contribution in [-0.2, 0) is 6.54 Å². The van der Waals surface area contributed by atoms with E-state index in [1.807, 2.05) is 31.2 Å². The minimum absolute atomic E-state index is 0.174. The fraction of sp³-hybridized carbons (Fsp3) is 0.455. The van der Waals surface area contributed by atoms with Crippen LogP contribution in [0, 0.1) is 0 Å². The molecule has 0 amide bonds. The minimum Gasteiger partial charge on any atom is -0.497 e. The minimum atomic E-state index is 0.174. The summed E-state index contributed by atoms with van der Waals surface area (Å²) in [6.07, 6.45) is 0. The van der Waals surface area contributed by atoms with Crippen molar-refractivity contribution >= 4 is 11.6 Å². The summed E-state index contributed by atoms with van der Waals surface area (Å²) >= 11 is 5.81. The van der Waals surface area contributed by atoms with Crippen molar-refractivity contribution in [3.63, 3.8) is 0 Å². The first-order valence-electron chi connectivity index (χ1n) is 4.70. The Morgan fingerprint density at radius 2 is 2.00 bits per heavy atom. The summed E-state index contributed by atoms with van der Waals surface area (Å²) in [7, 11) is 1.67. The second-order valence-electron chi connectivity index (χ2n) is 3.26. The Hall–Kier alpha value is -0.730. The highest BCUT2D eigenvalue weighted by Crippen LogP contribution is 2.10. The number of methoxy groups -OCH3 is 1. The van der Waals surface area contributed by atoms with Crippen LogP contribution in [0.5, 0.6) is 5.75 Å². The van der Waals surface area contributed by atoms with Gasteiger partial charge < -0.3 is 10.1 Å². The third-order valence-electron chi connectivity index (χ3n) is 1.91. The Bertz CT molecular complexity index is 258. The zero-order chi connectivity index (χ0) is 10.4. The predicted octanol–water partition coefficient (Wildman–Crippen LogP) is 2.41. The monoisotopic (exact) mass is 213 g/mol. The van der Waals surface area contributed by atoms with Crippen molar-refractivity contribution in [2.24, 2.45) is 0 Å². The van der Waals surface area contributed by atoms with Gasteiger partial charge in [-0.15, -0.1) is 11.6 Å². The van der Waals surface area contributed by atoms with E-state index in [1.165, 1.54) is 5.56 Å². The first kappa shape index (κ1) is 11.3. The summed E-state index contributed by atoms with van der Waals surface area (Å²) in [5.41, 5.74) is 1.24. The van der Waals surface area contributed by atoms with Crippen molar-refractivity contribution in [2.75, 3.05) is 13.7 Å². The van der Waals surface area contributed by atoms with Gasteiger partial charge in [-0.25, -0.2) is 0 Å². The summed E-state index contributed by atoms with van der Waals surface area (Å²) in [4.78, 5) is 0. The largest absolute Gasteiger partial charge is 0.497 e. The summed E-state index contributed by atoms with van der Waals surface area (Å²) in [6, 6.07) is 8.01. The van der Waals surface area contributed by atoms with Gasteiger partial charge in [0, 0.05) is 18.5 Å². The summed E-state index contributed by atoms with van der Waals surface area (Å²) < 4.78 is 5.07. The van der Waals surface area contributed by atoms with Gasteiger partial charge in [-0.3, -0.25) is 0 Å². The zero-order valence-electron chi connectivity index (χ0n) is 8.59. The van der Waals surface area contributed by atoms with Crippen LogP contribution in [0.15, 0.2) is 24.3 Å². The molecule has 1 unspecified atom stereocenters. The fourth-order valence-electron chi connectivity index (χ4n) is 1.16. The Morgan fingerprint density at radius 1 is 1.36 bits per heavy atom. The molecule has 0 saturated carbocycles. The van der Waals surface area contributed by atoms with Crippen LogP contribution >= 0.6 is 11.6 Å². The average molecular weight is 214 g/mol. The zero-order valence-corrected chi connectivity index (χ0v) is 9.34. The highest BCUT2D eigenvalue weighted by atomic mass is 35.5. The number of nitrogens with one attached hydrogen (secondary N) is 1. The SMILES string of the molecule is COc1ccc(CNCC(C)Cl)cc1. The van der Waals surface area contributed by atoms with Crippen molar-refractivity contribution in [1.29, 1.82) is 0 Å². The lowest BCUT2D eigenvalue weighted by Gasteiger charge is -2.06. The fourth-order valence-corrected chi connectivity index (χ4v) is 1.27. The van der Waals surface area contributed by atoms with Crippen molar-refractivity contribution < 1.29 is 4.74 Å². The van der Waals surface area contributed by atoms with Crippen LogP contribution in [0.3, 0.4) is 0 Å². The Labute approximate surface area is 90.2 Å². The number of rotatable bonds is 5. The van der Waals surface area contributed by atoms with Crippen LogP contribution in [0.2, 0.25) is 0 Å². The molecule has 0 heterocycles. The average Bonchev–Trinajstić information content (AvgIpc) is 2.18. The summed E-state index contributed by atoms with van der Waals surface area (Å²) in [5.74, 6) is 0.888. The highest BCUT2D eigenvalue weighted by Gasteiger charge is 1.96. The Balaban J connectivity index is 2.36. The number of ether oxygens (including phenoxy) is 1. The van der Waals surface area contributed by atoms with Crippen molar-refractivity contribution in [1.82, 2.24) is 5.32 Å². The van der Waals surface area contributed by atoms with Crippen molar-refractivity contribution in [3.05, 3.63) is 29.8 Å². The van der Waals surface area contributed by atoms with Gasteiger partial charge in [0.2, 0.25) is 0 Å². The quantitative estimate of drug-likeness (QED) is 0.759. The molecular weight excluding hydrogens is 198 g/mol. The van der Waals surface area contributed by atoms with E-state index in [-0.39, 0.29) is 5.38 Å². The molecule has 0 spiro atoms. The maximum absolute atomic E-state index is 5.81. The molecule has 0 fully saturated rings. The van der Waals surface area contributed by atoms with E-state index in [4.69, 9.17) is 16.3 Å². The third kappa shape index (κ3) is 3.99. The van der Waals surface area contributed by atoms with Gasteiger partial charge in [0.1, 0.15) is 5.75 Å². The highest BCUT2D eigenvalue weighted by molar-refractivity contribution is 6.20. The van der Waals surface area contributed by atoms with Gasteiger partial charge in [0.25, 0.3) is 0 Å². The normalized spacial score (nSPS) is 12.5. The summed E-state index contributed by atoms with van der Waals surface area (Å²) in [5, 5.41) is 3.44. The molecule has 0 aromatic heterocycles. The van der Waals surface area contributed by atoms with E-state index in [0.29, 0.717) is 0 Å². The molecule has 1 aromatic rings. The van der Waals surface area contributed by atoms with E-state index in [9.17, 15) is 0 Å². The first-order chi connectivity index (χ1) is 6.72. The number of halogens is 1. The molecule has 3 heteroatoms. The Kier molecular flexibility index (Phi) is 4.77. The maximum Gasteiger partial charge on any atom is 0.118 e. The smallest absolute Gasteiger partial charge is 0.118 e. The maximum atomic E-state index is 5.81. The van der Waals surface area contributed by atoms with Crippen molar-refractivity contribution in [2.45, 2.75) is 18.8 Å². The molecule has 0 aliphatic carbocycles. The van der Waals surface area contributed by atoms with Gasteiger partial charge >= 0.3 is 0 Å². The van der Waals surface area contributed by atoms with Crippen LogP contribution in [0.1, 0.15) is 12.5 Å². The Morgan fingerprint density at radius 3 is 2.50 bits per heavy atom. The van der Waals surface area contributed by atoms with Crippen LogP contribution in [0.25, 0.3) is 0 Å².